The maximum Gasteiger partial charge on any atom is 0.273 e. The Kier molecular flexibility index (Phi) is 7.02. The van der Waals surface area contributed by atoms with Crippen molar-refractivity contribution in [3.05, 3.63) is 52.0 Å². The summed E-state index contributed by atoms with van der Waals surface area (Å²) in [6.07, 6.45) is 3.22. The smallest absolute Gasteiger partial charge is 0.273 e. The number of carbonyl (C=O) groups excluding carboxylic acids is 1. The van der Waals surface area contributed by atoms with Crippen LogP contribution < -0.4 is 0 Å². The zero-order valence-corrected chi connectivity index (χ0v) is 17.5. The first-order valence-corrected chi connectivity index (χ1v) is 10.9. The molecule has 2 heterocycles. The fourth-order valence-corrected chi connectivity index (χ4v) is 4.36. The number of aromatic nitrogens is 1. The van der Waals surface area contributed by atoms with E-state index in [4.69, 9.17) is 0 Å². The van der Waals surface area contributed by atoms with E-state index in [1.165, 1.54) is 18.4 Å². The van der Waals surface area contributed by atoms with Gasteiger partial charge in [0.05, 0.1) is 5.01 Å². The fourth-order valence-electron chi connectivity index (χ4n) is 3.55. The average Bonchev–Trinajstić information content (AvgIpc) is 3.17. The van der Waals surface area contributed by atoms with Crippen molar-refractivity contribution in [3.8, 4) is 0 Å². The quantitative estimate of drug-likeness (QED) is 0.713. The second-order valence-electron chi connectivity index (χ2n) is 7.96. The minimum Gasteiger partial charge on any atom is -0.337 e. The third kappa shape index (κ3) is 5.63. The largest absolute Gasteiger partial charge is 0.337 e. The van der Waals surface area contributed by atoms with Gasteiger partial charge in [0.2, 0.25) is 0 Å². The van der Waals surface area contributed by atoms with Crippen molar-refractivity contribution < 1.29 is 4.79 Å². The molecule has 4 nitrogen and oxygen atoms in total. The molecule has 1 aliphatic rings. The highest BCUT2D eigenvalue weighted by atomic mass is 32.1. The highest BCUT2D eigenvalue weighted by Gasteiger charge is 2.25. The maximum atomic E-state index is 13.2. The summed E-state index contributed by atoms with van der Waals surface area (Å²) in [5.41, 5.74) is 1.89. The molecular formula is C22H31N3OS. The second kappa shape index (κ2) is 9.47. The summed E-state index contributed by atoms with van der Waals surface area (Å²) in [5, 5.41) is 2.97. The number of nitrogens with zero attached hydrogens (tertiary/aromatic N) is 3. The lowest BCUT2D eigenvalue weighted by Crippen LogP contribution is -2.41. The van der Waals surface area contributed by atoms with Crippen molar-refractivity contribution in [1.82, 2.24) is 14.8 Å². The van der Waals surface area contributed by atoms with Crippen LogP contribution in [0.3, 0.4) is 0 Å². The normalized spacial score (nSPS) is 16.0. The number of amides is 1. The molecule has 146 valence electrons. The molecule has 1 fully saturated rings. The van der Waals surface area contributed by atoms with Crippen molar-refractivity contribution >= 4 is 17.2 Å². The van der Waals surface area contributed by atoms with Crippen molar-refractivity contribution in [2.45, 2.75) is 39.0 Å². The Morgan fingerprint density at radius 3 is 2.59 bits per heavy atom. The number of likely N-dealkylation sites (tertiary alicyclic amines) is 1. The molecule has 0 unspecified atom stereocenters. The van der Waals surface area contributed by atoms with E-state index in [0.29, 0.717) is 17.5 Å². The van der Waals surface area contributed by atoms with Crippen LogP contribution in [0.25, 0.3) is 0 Å². The standard InChI is InChI=1S/C22H31N3OS/c1-17(2)21-23-20(16-27-21)22(26)25(14-11-18-7-5-4-6-8-18)15-19-9-12-24(3)13-10-19/h4-8,16-17,19H,9-15H2,1-3H3. The average molecular weight is 386 g/mol. The van der Waals surface area contributed by atoms with Crippen LogP contribution >= 0.6 is 11.3 Å². The predicted octanol–water partition coefficient (Wildman–Crippen LogP) is 4.29. The summed E-state index contributed by atoms with van der Waals surface area (Å²) < 4.78 is 0. The van der Waals surface area contributed by atoms with Gasteiger partial charge in [-0.1, -0.05) is 44.2 Å². The van der Waals surface area contributed by atoms with E-state index in [2.05, 4.69) is 55.0 Å². The molecule has 0 aliphatic carbocycles. The number of benzene rings is 1. The fraction of sp³-hybridized carbons (Fsp3) is 0.545. The number of rotatable bonds is 7. The van der Waals surface area contributed by atoms with Gasteiger partial charge in [-0.2, -0.15) is 0 Å². The number of thiazole rings is 1. The number of hydrogen-bond acceptors (Lipinski definition) is 4. The molecule has 1 saturated heterocycles. The van der Waals surface area contributed by atoms with Gasteiger partial charge in [-0.15, -0.1) is 11.3 Å². The van der Waals surface area contributed by atoms with Crippen LogP contribution in [0, 0.1) is 5.92 Å². The number of hydrogen-bond donors (Lipinski definition) is 0. The maximum absolute atomic E-state index is 13.2. The van der Waals surface area contributed by atoms with Gasteiger partial charge in [0.25, 0.3) is 5.91 Å². The summed E-state index contributed by atoms with van der Waals surface area (Å²) in [7, 11) is 2.18. The molecule has 1 amide bonds. The van der Waals surface area contributed by atoms with Crippen LogP contribution in [-0.2, 0) is 6.42 Å². The Morgan fingerprint density at radius 2 is 1.96 bits per heavy atom. The molecule has 0 atom stereocenters. The first-order valence-electron chi connectivity index (χ1n) is 10.00. The monoisotopic (exact) mass is 385 g/mol. The van der Waals surface area contributed by atoms with Crippen LogP contribution in [0.15, 0.2) is 35.7 Å². The molecule has 1 aromatic carbocycles. The summed E-state index contributed by atoms with van der Waals surface area (Å²) in [5.74, 6) is 1.04. The topological polar surface area (TPSA) is 36.4 Å². The lowest BCUT2D eigenvalue weighted by Gasteiger charge is -2.33. The Morgan fingerprint density at radius 1 is 1.26 bits per heavy atom. The minimum atomic E-state index is 0.0907. The Balaban J connectivity index is 1.70. The lowest BCUT2D eigenvalue weighted by molar-refractivity contribution is 0.0695. The SMILES string of the molecule is CC(C)c1nc(C(=O)N(CCc2ccccc2)CC2CCN(C)CC2)cs1. The summed E-state index contributed by atoms with van der Waals surface area (Å²) in [4.78, 5) is 22.2. The third-order valence-corrected chi connectivity index (χ3v) is 6.50. The zero-order chi connectivity index (χ0) is 19.2. The second-order valence-corrected chi connectivity index (χ2v) is 8.85. The van der Waals surface area contributed by atoms with Gasteiger partial charge >= 0.3 is 0 Å². The van der Waals surface area contributed by atoms with E-state index in [9.17, 15) is 4.79 Å². The zero-order valence-electron chi connectivity index (χ0n) is 16.7. The molecule has 0 N–H and O–H groups in total. The van der Waals surface area contributed by atoms with E-state index in [-0.39, 0.29) is 5.91 Å². The lowest BCUT2D eigenvalue weighted by atomic mass is 9.96. The Bertz CT molecular complexity index is 720. The van der Waals surface area contributed by atoms with Gasteiger partial charge in [0.15, 0.2) is 0 Å². The van der Waals surface area contributed by atoms with Crippen molar-refractivity contribution in [3.63, 3.8) is 0 Å². The molecule has 0 radical (unpaired) electrons. The van der Waals surface area contributed by atoms with Gasteiger partial charge in [0.1, 0.15) is 5.69 Å². The van der Waals surface area contributed by atoms with Crippen LogP contribution in [0.5, 0.6) is 0 Å². The first-order chi connectivity index (χ1) is 13.0. The van der Waals surface area contributed by atoms with Gasteiger partial charge in [-0.05, 0) is 50.9 Å². The minimum absolute atomic E-state index is 0.0907. The number of piperidine rings is 1. The summed E-state index contributed by atoms with van der Waals surface area (Å²) in [6.45, 7) is 8.09. The van der Waals surface area contributed by atoms with Gasteiger partial charge < -0.3 is 9.80 Å². The molecule has 27 heavy (non-hydrogen) atoms. The molecule has 5 heteroatoms. The third-order valence-electron chi connectivity index (χ3n) is 5.35. The van der Waals surface area contributed by atoms with Gasteiger partial charge in [0, 0.05) is 24.4 Å². The molecule has 1 aliphatic heterocycles. The Labute approximate surface area is 167 Å². The molecule has 1 aromatic heterocycles. The van der Waals surface area contributed by atoms with E-state index < -0.39 is 0 Å². The van der Waals surface area contributed by atoms with E-state index in [0.717, 1.165) is 37.6 Å². The van der Waals surface area contributed by atoms with Crippen LogP contribution in [0.2, 0.25) is 0 Å². The van der Waals surface area contributed by atoms with E-state index in [1.807, 2.05) is 16.3 Å². The molecule has 2 aromatic rings. The van der Waals surface area contributed by atoms with E-state index in [1.54, 1.807) is 11.3 Å². The van der Waals surface area contributed by atoms with E-state index >= 15 is 0 Å². The molecule has 0 saturated carbocycles. The van der Waals surface area contributed by atoms with Gasteiger partial charge in [-0.3, -0.25) is 4.79 Å². The van der Waals surface area contributed by atoms with Crippen LogP contribution in [0.4, 0.5) is 0 Å². The Hall–Kier alpha value is -1.72. The summed E-state index contributed by atoms with van der Waals surface area (Å²) >= 11 is 1.60. The molecule has 0 spiro atoms. The number of carbonyl (C=O) groups is 1. The highest BCUT2D eigenvalue weighted by molar-refractivity contribution is 7.09. The first kappa shape index (κ1) is 20.0. The molecular weight excluding hydrogens is 354 g/mol. The summed E-state index contributed by atoms with van der Waals surface area (Å²) in [6, 6.07) is 10.4. The van der Waals surface area contributed by atoms with Crippen molar-refractivity contribution in [2.75, 3.05) is 33.2 Å². The van der Waals surface area contributed by atoms with Crippen LogP contribution in [-0.4, -0.2) is 53.9 Å². The van der Waals surface area contributed by atoms with Crippen LogP contribution in [0.1, 0.15) is 53.7 Å². The molecule has 3 rings (SSSR count). The highest BCUT2D eigenvalue weighted by Crippen LogP contribution is 2.22. The van der Waals surface area contributed by atoms with Crippen molar-refractivity contribution in [2.24, 2.45) is 5.92 Å². The van der Waals surface area contributed by atoms with Crippen molar-refractivity contribution in [1.29, 1.82) is 0 Å². The predicted molar refractivity (Wildman–Crippen MR) is 112 cm³/mol. The molecule has 0 bridgehead atoms. The van der Waals surface area contributed by atoms with Gasteiger partial charge in [-0.25, -0.2) is 4.98 Å².